The van der Waals surface area contributed by atoms with E-state index in [1.165, 1.54) is 0 Å². The summed E-state index contributed by atoms with van der Waals surface area (Å²) >= 11 is 0. The summed E-state index contributed by atoms with van der Waals surface area (Å²) in [5.41, 5.74) is 3.84. The van der Waals surface area contributed by atoms with Gasteiger partial charge in [0, 0.05) is 62.9 Å². The molecular formula is C28H31N5O2S. The largest absolute Gasteiger partial charge is 0.295 e. The molecule has 1 aromatic carbocycles. The molecular weight excluding hydrogens is 470 g/mol. The molecule has 2 aliphatic rings. The highest BCUT2D eigenvalue weighted by Gasteiger charge is 2.42. The molecule has 1 saturated carbocycles. The molecule has 36 heavy (non-hydrogen) atoms. The molecule has 1 saturated heterocycles. The van der Waals surface area contributed by atoms with Crippen molar-refractivity contribution in [2.75, 3.05) is 20.1 Å². The average molecular weight is 502 g/mol. The van der Waals surface area contributed by atoms with E-state index in [0.717, 1.165) is 55.5 Å². The van der Waals surface area contributed by atoms with Crippen molar-refractivity contribution in [1.29, 1.82) is 5.26 Å². The van der Waals surface area contributed by atoms with Crippen molar-refractivity contribution in [3.8, 4) is 6.07 Å². The zero-order chi connectivity index (χ0) is 25.1. The maximum Gasteiger partial charge on any atom is 0.216 e. The van der Waals surface area contributed by atoms with Gasteiger partial charge in [0.25, 0.3) is 0 Å². The third-order valence-corrected chi connectivity index (χ3v) is 9.93. The Bertz CT molecular complexity index is 1280. The van der Waals surface area contributed by atoms with Crippen LogP contribution in [0.15, 0.2) is 73.3 Å². The number of sulfonamides is 1. The fraction of sp³-hybridized carbons (Fsp3) is 0.393. The van der Waals surface area contributed by atoms with E-state index in [4.69, 9.17) is 0 Å². The molecule has 3 heterocycles. The van der Waals surface area contributed by atoms with Crippen LogP contribution >= 0.6 is 0 Å². The maximum atomic E-state index is 12.8. The van der Waals surface area contributed by atoms with Crippen molar-refractivity contribution in [2.24, 2.45) is 0 Å². The number of nitrogens with zero attached hydrogens (tertiary/aromatic N) is 5. The highest BCUT2D eigenvalue weighted by Crippen LogP contribution is 2.42. The molecule has 0 radical (unpaired) electrons. The Morgan fingerprint density at radius 1 is 0.944 bits per heavy atom. The van der Waals surface area contributed by atoms with Crippen molar-refractivity contribution in [3.63, 3.8) is 0 Å². The molecule has 1 atom stereocenters. The predicted octanol–water partition coefficient (Wildman–Crippen LogP) is 4.11. The van der Waals surface area contributed by atoms with Gasteiger partial charge < -0.3 is 0 Å². The van der Waals surface area contributed by atoms with Gasteiger partial charge in [0.1, 0.15) is 0 Å². The first-order valence-corrected chi connectivity index (χ1v) is 14.0. The Hall–Kier alpha value is -3.12. The number of benzene rings is 1. The molecule has 3 aromatic rings. The predicted molar refractivity (Wildman–Crippen MR) is 139 cm³/mol. The highest BCUT2D eigenvalue weighted by atomic mass is 32.2. The zero-order valence-electron chi connectivity index (χ0n) is 20.4. The Kier molecular flexibility index (Phi) is 7.15. The number of nitriles is 1. The van der Waals surface area contributed by atoms with Crippen LogP contribution in [0, 0.1) is 11.3 Å². The fourth-order valence-corrected chi connectivity index (χ4v) is 7.25. The van der Waals surface area contributed by atoms with Gasteiger partial charge in [-0.3, -0.25) is 14.9 Å². The topological polar surface area (TPSA) is 90.2 Å². The lowest BCUT2D eigenvalue weighted by molar-refractivity contribution is 0.115. The molecule has 2 aromatic heterocycles. The SMILES string of the molecule is CN(C1CCN(C(c2cccc(C#N)c2)C(c2cccnc2)c2cccnc2)CC1)S(=O)(=O)C1CC1. The minimum Gasteiger partial charge on any atom is -0.295 e. The van der Waals surface area contributed by atoms with Crippen molar-refractivity contribution in [2.45, 2.75) is 48.9 Å². The zero-order valence-corrected chi connectivity index (χ0v) is 21.3. The molecule has 0 spiro atoms. The summed E-state index contributed by atoms with van der Waals surface area (Å²) in [6.45, 7) is 1.52. The van der Waals surface area contributed by atoms with Crippen LogP contribution in [0.5, 0.6) is 0 Å². The summed E-state index contributed by atoms with van der Waals surface area (Å²) < 4.78 is 27.3. The number of rotatable bonds is 8. The highest BCUT2D eigenvalue weighted by molar-refractivity contribution is 7.90. The average Bonchev–Trinajstić information content (AvgIpc) is 3.79. The number of hydrogen-bond acceptors (Lipinski definition) is 6. The molecule has 1 aliphatic carbocycles. The molecule has 0 bridgehead atoms. The lowest BCUT2D eigenvalue weighted by atomic mass is 9.81. The molecule has 0 N–H and O–H groups in total. The van der Waals surface area contributed by atoms with Gasteiger partial charge in [-0.25, -0.2) is 12.7 Å². The third-order valence-electron chi connectivity index (χ3n) is 7.51. The minimum absolute atomic E-state index is 0.00757. The summed E-state index contributed by atoms with van der Waals surface area (Å²) in [6, 6.07) is 18.1. The van der Waals surface area contributed by atoms with Gasteiger partial charge in [-0.05, 0) is 66.6 Å². The van der Waals surface area contributed by atoms with Gasteiger partial charge in [-0.1, -0.05) is 24.3 Å². The molecule has 7 nitrogen and oxygen atoms in total. The minimum atomic E-state index is -3.20. The maximum absolute atomic E-state index is 12.8. The van der Waals surface area contributed by atoms with E-state index in [1.54, 1.807) is 23.7 Å². The van der Waals surface area contributed by atoms with Crippen molar-refractivity contribution < 1.29 is 8.42 Å². The summed E-state index contributed by atoms with van der Waals surface area (Å²) in [5, 5.41) is 9.41. The summed E-state index contributed by atoms with van der Waals surface area (Å²) in [6.07, 6.45) is 10.4. The van der Waals surface area contributed by atoms with E-state index in [9.17, 15) is 13.7 Å². The van der Waals surface area contributed by atoms with Crippen molar-refractivity contribution in [3.05, 3.63) is 95.6 Å². The van der Waals surface area contributed by atoms with Gasteiger partial charge in [0.2, 0.25) is 10.0 Å². The normalized spacial score (nSPS) is 18.3. The molecule has 5 rings (SSSR count). The van der Waals surface area contributed by atoms with E-state index in [-0.39, 0.29) is 23.3 Å². The Labute approximate surface area is 213 Å². The molecule has 186 valence electrons. The Balaban J connectivity index is 1.50. The van der Waals surface area contributed by atoms with E-state index >= 15 is 0 Å². The molecule has 2 fully saturated rings. The van der Waals surface area contributed by atoms with Crippen LogP contribution in [0.1, 0.15) is 59.9 Å². The second kappa shape index (κ2) is 10.5. The Morgan fingerprint density at radius 2 is 1.56 bits per heavy atom. The quantitative estimate of drug-likeness (QED) is 0.461. The first kappa shape index (κ1) is 24.6. The first-order chi connectivity index (χ1) is 17.5. The Morgan fingerprint density at radius 3 is 2.08 bits per heavy atom. The monoisotopic (exact) mass is 501 g/mol. The number of likely N-dealkylation sites (tertiary alicyclic amines) is 1. The van der Waals surface area contributed by atoms with E-state index in [1.807, 2.05) is 42.7 Å². The second-order valence-corrected chi connectivity index (χ2v) is 12.0. The van der Waals surface area contributed by atoms with Crippen molar-refractivity contribution >= 4 is 10.0 Å². The molecule has 0 amide bonds. The summed E-state index contributed by atoms with van der Waals surface area (Å²) in [4.78, 5) is 11.3. The van der Waals surface area contributed by atoms with Gasteiger partial charge in [-0.2, -0.15) is 5.26 Å². The summed E-state index contributed by atoms with van der Waals surface area (Å²) in [5.74, 6) is -0.0502. The number of piperidine rings is 1. The smallest absolute Gasteiger partial charge is 0.216 e. The fourth-order valence-electron chi connectivity index (χ4n) is 5.42. The van der Waals surface area contributed by atoms with Crippen LogP contribution in [-0.2, 0) is 10.0 Å². The van der Waals surface area contributed by atoms with Crippen LogP contribution in [0.25, 0.3) is 0 Å². The molecule has 8 heteroatoms. The first-order valence-electron chi connectivity index (χ1n) is 12.5. The lowest BCUT2D eigenvalue weighted by Gasteiger charge is -2.43. The van der Waals surface area contributed by atoms with Gasteiger partial charge >= 0.3 is 0 Å². The van der Waals surface area contributed by atoms with Crippen LogP contribution < -0.4 is 0 Å². The number of pyridine rings is 2. The lowest BCUT2D eigenvalue weighted by Crippen LogP contribution is -2.48. The van der Waals surface area contributed by atoms with Crippen molar-refractivity contribution in [1.82, 2.24) is 19.2 Å². The van der Waals surface area contributed by atoms with Gasteiger partial charge in [0.05, 0.1) is 16.9 Å². The third kappa shape index (κ3) is 5.05. The molecule has 1 aliphatic heterocycles. The number of hydrogen-bond donors (Lipinski definition) is 0. The van der Waals surface area contributed by atoms with Crippen LogP contribution in [-0.4, -0.2) is 59.0 Å². The van der Waals surface area contributed by atoms with E-state index in [2.05, 4.69) is 39.1 Å². The van der Waals surface area contributed by atoms with E-state index in [0.29, 0.717) is 5.56 Å². The molecule has 1 unspecified atom stereocenters. The van der Waals surface area contributed by atoms with Gasteiger partial charge in [0.15, 0.2) is 0 Å². The summed E-state index contributed by atoms with van der Waals surface area (Å²) in [7, 11) is -1.46. The van der Waals surface area contributed by atoms with Crippen LogP contribution in [0.3, 0.4) is 0 Å². The van der Waals surface area contributed by atoms with E-state index < -0.39 is 10.0 Å². The van der Waals surface area contributed by atoms with Crippen LogP contribution in [0.2, 0.25) is 0 Å². The van der Waals surface area contributed by atoms with Crippen LogP contribution in [0.4, 0.5) is 0 Å². The standard InChI is InChI=1S/C28H31N5O2S/c1-32(36(34,35)26-9-10-26)25-11-15-33(16-12-25)28(22-6-2-5-21(17-22)18-29)27(23-7-3-13-30-19-23)24-8-4-14-31-20-24/h2-8,13-14,17,19-20,25-28H,9-12,15-16H2,1H3. The number of aromatic nitrogens is 2. The van der Waals surface area contributed by atoms with Gasteiger partial charge in [-0.15, -0.1) is 0 Å². The second-order valence-electron chi connectivity index (χ2n) is 9.76.